The molecule has 1 atom stereocenters. The molecule has 0 N–H and O–H groups in total. The summed E-state index contributed by atoms with van der Waals surface area (Å²) < 4.78 is 22.8. The molecule has 0 saturated carbocycles. The van der Waals surface area contributed by atoms with Crippen LogP contribution in [0.4, 0.5) is 0 Å². The van der Waals surface area contributed by atoms with Crippen LogP contribution < -0.4 is 0 Å². The highest BCUT2D eigenvalue weighted by molar-refractivity contribution is 8.55. The van der Waals surface area contributed by atoms with Gasteiger partial charge in [-0.25, -0.2) is 4.57 Å². The van der Waals surface area contributed by atoms with Gasteiger partial charge in [0, 0.05) is 0 Å². The Bertz CT molecular complexity index is 214. The molecular formula is C10H24NO3PS. The van der Waals surface area contributed by atoms with Gasteiger partial charge in [0.05, 0.1) is 18.6 Å². The molecule has 0 aromatic carbocycles. The van der Waals surface area contributed by atoms with E-state index in [1.807, 2.05) is 20.8 Å². The van der Waals surface area contributed by atoms with Gasteiger partial charge in [0.1, 0.15) is 0 Å². The number of rotatable bonds is 9. The lowest BCUT2D eigenvalue weighted by Gasteiger charge is -2.28. The van der Waals surface area contributed by atoms with Crippen molar-refractivity contribution in [3.05, 3.63) is 0 Å². The molecule has 6 heteroatoms. The van der Waals surface area contributed by atoms with Crippen LogP contribution in [0.15, 0.2) is 0 Å². The van der Waals surface area contributed by atoms with Gasteiger partial charge in [0.25, 0.3) is 0 Å². The maximum atomic E-state index is 12.3. The summed E-state index contributed by atoms with van der Waals surface area (Å²) >= 11 is 1.29. The smallest absolute Gasteiger partial charge is 0.301 e. The Balaban J connectivity index is 4.43. The zero-order chi connectivity index (χ0) is 12.6. The third kappa shape index (κ3) is 5.69. The average Bonchev–Trinajstić information content (AvgIpc) is 2.19. The van der Waals surface area contributed by atoms with Gasteiger partial charge in [-0.1, -0.05) is 13.8 Å². The topological polar surface area (TPSA) is 38.8 Å². The van der Waals surface area contributed by atoms with Crippen molar-refractivity contribution < 1.29 is 13.6 Å². The van der Waals surface area contributed by atoms with Crippen molar-refractivity contribution in [1.82, 2.24) is 4.90 Å². The van der Waals surface area contributed by atoms with E-state index < -0.39 is 6.80 Å². The number of nitrogens with zero attached hydrogens (tertiary/aromatic N) is 1. The molecule has 0 aliphatic carbocycles. The molecule has 98 valence electrons. The SMILES string of the molecule is CCOP(=O)(OCC)SC(C)N(CC)CC. The van der Waals surface area contributed by atoms with Crippen molar-refractivity contribution in [2.45, 2.75) is 40.0 Å². The predicted molar refractivity (Wildman–Crippen MR) is 70.8 cm³/mol. The van der Waals surface area contributed by atoms with Crippen molar-refractivity contribution in [2.75, 3.05) is 26.3 Å². The average molecular weight is 269 g/mol. The van der Waals surface area contributed by atoms with E-state index in [2.05, 4.69) is 18.7 Å². The molecule has 0 amide bonds. The zero-order valence-corrected chi connectivity index (χ0v) is 12.6. The summed E-state index contributed by atoms with van der Waals surface area (Å²) in [4.78, 5) is 2.22. The molecule has 0 heterocycles. The summed E-state index contributed by atoms with van der Waals surface area (Å²) in [5.41, 5.74) is 0. The molecule has 16 heavy (non-hydrogen) atoms. The van der Waals surface area contributed by atoms with E-state index in [0.717, 1.165) is 13.1 Å². The zero-order valence-electron chi connectivity index (χ0n) is 10.9. The van der Waals surface area contributed by atoms with Gasteiger partial charge in [0.2, 0.25) is 0 Å². The van der Waals surface area contributed by atoms with E-state index in [-0.39, 0.29) is 5.37 Å². The van der Waals surface area contributed by atoms with E-state index in [4.69, 9.17) is 9.05 Å². The van der Waals surface area contributed by atoms with Gasteiger partial charge in [-0.15, -0.1) is 0 Å². The fraction of sp³-hybridized carbons (Fsp3) is 1.00. The van der Waals surface area contributed by atoms with Crippen molar-refractivity contribution in [1.29, 1.82) is 0 Å². The Kier molecular flexibility index (Phi) is 8.78. The fourth-order valence-corrected chi connectivity index (χ4v) is 5.56. The van der Waals surface area contributed by atoms with Crippen LogP contribution in [-0.2, 0) is 13.6 Å². The van der Waals surface area contributed by atoms with Crippen molar-refractivity contribution in [3.8, 4) is 0 Å². The minimum Gasteiger partial charge on any atom is -0.301 e. The van der Waals surface area contributed by atoms with Crippen molar-refractivity contribution in [3.63, 3.8) is 0 Å². The van der Waals surface area contributed by atoms with Crippen LogP contribution in [0.2, 0.25) is 0 Å². The van der Waals surface area contributed by atoms with Gasteiger partial charge in [-0.2, -0.15) is 0 Å². The van der Waals surface area contributed by atoms with Gasteiger partial charge in [0.15, 0.2) is 0 Å². The lowest BCUT2D eigenvalue weighted by atomic mass is 10.5. The van der Waals surface area contributed by atoms with Crippen LogP contribution >= 0.6 is 18.2 Å². The van der Waals surface area contributed by atoms with Crippen LogP contribution in [0.5, 0.6) is 0 Å². The minimum atomic E-state index is -2.98. The van der Waals surface area contributed by atoms with Crippen LogP contribution in [0.3, 0.4) is 0 Å². The summed E-state index contributed by atoms with van der Waals surface area (Å²) in [6, 6.07) is 0. The van der Waals surface area contributed by atoms with Crippen LogP contribution in [-0.4, -0.2) is 36.6 Å². The Hall–Kier alpha value is 0.460. The molecule has 0 aliphatic rings. The molecule has 0 radical (unpaired) electrons. The second-order valence-electron chi connectivity index (χ2n) is 3.21. The minimum absolute atomic E-state index is 0.138. The molecular weight excluding hydrogens is 245 g/mol. The molecule has 0 aromatic rings. The number of hydrogen-bond acceptors (Lipinski definition) is 5. The van der Waals surface area contributed by atoms with Gasteiger partial charge in [-0.3, -0.25) is 4.90 Å². The lowest BCUT2D eigenvalue weighted by molar-refractivity contribution is 0.235. The number of hydrogen-bond donors (Lipinski definition) is 0. The molecule has 1 unspecified atom stereocenters. The molecule has 4 nitrogen and oxygen atoms in total. The summed E-state index contributed by atoms with van der Waals surface area (Å²) in [5, 5.41) is 0.138. The first-order chi connectivity index (χ1) is 7.52. The summed E-state index contributed by atoms with van der Waals surface area (Å²) in [6.45, 7) is 9.58. The standard InChI is InChI=1S/C10H24NO3PS/c1-6-11(7-2)10(5)16-15(12,13-8-3)14-9-4/h10H,6-9H2,1-5H3. The van der Waals surface area contributed by atoms with E-state index in [0.29, 0.717) is 13.2 Å². The van der Waals surface area contributed by atoms with Gasteiger partial charge in [-0.05, 0) is 45.2 Å². The quantitative estimate of drug-likeness (QED) is 0.472. The van der Waals surface area contributed by atoms with Crippen LogP contribution in [0.25, 0.3) is 0 Å². The molecule has 0 rings (SSSR count). The highest BCUT2D eigenvalue weighted by Crippen LogP contribution is 2.62. The van der Waals surface area contributed by atoms with Gasteiger partial charge >= 0.3 is 6.80 Å². The Morgan fingerprint density at radius 2 is 1.56 bits per heavy atom. The summed E-state index contributed by atoms with van der Waals surface area (Å²) in [5.74, 6) is 0. The molecule has 0 aliphatic heterocycles. The first kappa shape index (κ1) is 16.5. The second-order valence-corrected chi connectivity index (χ2v) is 7.49. The maximum absolute atomic E-state index is 12.3. The Labute approximate surface area is 103 Å². The first-order valence-electron chi connectivity index (χ1n) is 5.84. The normalized spacial score (nSPS) is 14.4. The molecule has 0 bridgehead atoms. The van der Waals surface area contributed by atoms with E-state index in [1.165, 1.54) is 11.4 Å². The maximum Gasteiger partial charge on any atom is 0.390 e. The van der Waals surface area contributed by atoms with E-state index in [1.54, 1.807) is 0 Å². The molecule has 0 aromatic heterocycles. The fourth-order valence-electron chi connectivity index (χ4n) is 1.41. The van der Waals surface area contributed by atoms with Crippen molar-refractivity contribution >= 4 is 18.2 Å². The lowest BCUT2D eigenvalue weighted by Crippen LogP contribution is -2.30. The summed E-state index contributed by atoms with van der Waals surface area (Å²) in [7, 11) is 0. The molecule has 0 spiro atoms. The Morgan fingerprint density at radius 3 is 1.88 bits per heavy atom. The van der Waals surface area contributed by atoms with Crippen LogP contribution in [0.1, 0.15) is 34.6 Å². The van der Waals surface area contributed by atoms with Gasteiger partial charge < -0.3 is 9.05 Å². The monoisotopic (exact) mass is 269 g/mol. The largest absolute Gasteiger partial charge is 0.390 e. The molecule has 0 fully saturated rings. The highest BCUT2D eigenvalue weighted by Gasteiger charge is 2.29. The predicted octanol–water partition coefficient (Wildman–Crippen LogP) is 3.59. The van der Waals surface area contributed by atoms with Crippen molar-refractivity contribution in [2.24, 2.45) is 0 Å². The third-order valence-corrected chi connectivity index (χ3v) is 6.52. The Morgan fingerprint density at radius 1 is 1.12 bits per heavy atom. The summed E-state index contributed by atoms with van der Waals surface area (Å²) in [6.07, 6.45) is 0. The highest BCUT2D eigenvalue weighted by atomic mass is 32.7. The molecule has 0 saturated heterocycles. The van der Waals surface area contributed by atoms with Crippen LogP contribution in [0, 0.1) is 0 Å². The third-order valence-electron chi connectivity index (χ3n) is 2.18. The van der Waals surface area contributed by atoms with E-state index in [9.17, 15) is 4.57 Å². The second kappa shape index (κ2) is 8.54. The first-order valence-corrected chi connectivity index (χ1v) is 8.87. The van der Waals surface area contributed by atoms with E-state index >= 15 is 0 Å².